The molecule has 0 unspecified atom stereocenters. The lowest BCUT2D eigenvalue weighted by atomic mass is 9.91. The summed E-state index contributed by atoms with van der Waals surface area (Å²) in [5.41, 5.74) is 3.32. The first kappa shape index (κ1) is 109. The van der Waals surface area contributed by atoms with Crippen molar-refractivity contribution in [2.24, 2.45) is 51.9 Å². The van der Waals surface area contributed by atoms with Gasteiger partial charge in [0.1, 0.15) is 56.9 Å². The summed E-state index contributed by atoms with van der Waals surface area (Å²) in [7, 11) is 8.09. The summed E-state index contributed by atoms with van der Waals surface area (Å²) in [4.78, 5) is 112. The minimum absolute atomic E-state index is 0.0106. The third-order valence-electron chi connectivity index (χ3n) is 27.0. The van der Waals surface area contributed by atoms with Gasteiger partial charge in [0.25, 0.3) is 23.6 Å². The molecule has 40 heteroatoms. The van der Waals surface area contributed by atoms with Crippen molar-refractivity contribution in [2.45, 2.75) is 163 Å². The van der Waals surface area contributed by atoms with Crippen molar-refractivity contribution in [3.63, 3.8) is 0 Å². The average Bonchev–Trinajstić information content (AvgIpc) is 1.61. The molecule has 8 aromatic heterocycles. The zero-order chi connectivity index (χ0) is 104. The number of nitrogens with zero attached hydrogens (tertiary/aromatic N) is 12. The number of piperidine rings is 4. The largest absolute Gasteiger partial charge is 0.433 e. The van der Waals surface area contributed by atoms with Crippen molar-refractivity contribution in [1.29, 1.82) is 0 Å². The van der Waals surface area contributed by atoms with Crippen molar-refractivity contribution in [3.8, 4) is 0 Å². The smallest absolute Gasteiger partial charge is 0.385 e. The Morgan fingerprint density at radius 2 is 0.620 bits per heavy atom. The molecule has 4 aliphatic heterocycles. The van der Waals surface area contributed by atoms with Crippen LogP contribution >= 0.6 is 92.8 Å². The molecule has 12 aromatic rings. The Morgan fingerprint density at radius 1 is 0.359 bits per heavy atom. The van der Waals surface area contributed by atoms with Crippen LogP contribution in [0, 0.1) is 51.4 Å². The first-order valence-corrected chi connectivity index (χ1v) is 48.9. The number of ketones is 3. The molecule has 0 radical (unpaired) electrons. The molecule has 0 bridgehead atoms. The number of pyridine rings is 4. The van der Waals surface area contributed by atoms with Crippen LogP contribution in [0.3, 0.4) is 0 Å². The number of aryl methyl sites for hydroxylation is 8. The van der Waals surface area contributed by atoms with Gasteiger partial charge in [0, 0.05) is 180 Å². The maximum Gasteiger partial charge on any atom is 0.433 e. The number of carbonyl (C=O) groups excluding carboxylic acids is 7. The highest BCUT2D eigenvalue weighted by Gasteiger charge is 2.41. The molecule has 0 saturated carbocycles. The number of alkyl halides is 12. The molecule has 758 valence electrons. The van der Waals surface area contributed by atoms with Gasteiger partial charge in [0.2, 0.25) is 5.78 Å². The summed E-state index contributed by atoms with van der Waals surface area (Å²) in [6.45, 7) is 17.0. The minimum atomic E-state index is -4.64. The van der Waals surface area contributed by atoms with E-state index in [1.54, 1.807) is 141 Å². The molecule has 16 rings (SSSR count). The highest BCUT2D eigenvalue weighted by molar-refractivity contribution is 6.43. The highest BCUT2D eigenvalue weighted by Crippen LogP contribution is 2.44. The van der Waals surface area contributed by atoms with E-state index in [1.165, 1.54) is 36.7 Å². The van der Waals surface area contributed by atoms with Gasteiger partial charge in [-0.15, -0.1) is 0 Å². The van der Waals surface area contributed by atoms with Crippen LogP contribution < -0.4 is 0 Å². The first-order chi connectivity index (χ1) is 66.6. The highest BCUT2D eigenvalue weighted by atomic mass is 35.5. The number of Topliss-reactive ketones (excluding diaryl/α,β-unsaturated/α-hetero) is 2. The summed E-state index contributed by atoms with van der Waals surface area (Å²) in [6.07, 6.45) is -8.96. The Labute approximate surface area is 851 Å². The van der Waals surface area contributed by atoms with E-state index in [-0.39, 0.29) is 131 Å². The number of ether oxygens (including phenoxy) is 1. The fraction of sp³-hybridized carbons (Fsp3) is 0.422. The number of benzene rings is 4. The maximum absolute atomic E-state index is 13.6. The second-order valence-electron chi connectivity index (χ2n) is 37.0. The first-order valence-electron chi connectivity index (χ1n) is 45.9. The Hall–Kier alpha value is -10.0. The quantitative estimate of drug-likeness (QED) is 0.0546. The number of aromatic nitrogens is 8. The van der Waals surface area contributed by atoms with Gasteiger partial charge < -0.3 is 52.2 Å². The fourth-order valence-electron chi connectivity index (χ4n) is 18.7. The van der Waals surface area contributed by atoms with E-state index in [0.717, 1.165) is 69.2 Å². The molecule has 4 aromatic carbocycles. The van der Waals surface area contributed by atoms with Gasteiger partial charge in [-0.05, 0) is 259 Å². The third kappa shape index (κ3) is 24.3. The number of carbonyl (C=O) groups is 7. The van der Waals surface area contributed by atoms with Crippen LogP contribution in [-0.4, -0.2) is 165 Å². The van der Waals surface area contributed by atoms with Crippen LogP contribution in [0.1, 0.15) is 228 Å². The van der Waals surface area contributed by atoms with Crippen LogP contribution in [0.5, 0.6) is 0 Å². The Kier molecular flexibility index (Phi) is 34.2. The zero-order valence-corrected chi connectivity index (χ0v) is 85.5. The molecule has 4 amide bonds. The van der Waals surface area contributed by atoms with Crippen LogP contribution in [-0.2, 0) is 86.5 Å². The van der Waals surface area contributed by atoms with Gasteiger partial charge in [0.05, 0.1) is 58.6 Å². The number of amides is 4. The summed E-state index contributed by atoms with van der Waals surface area (Å²) < 4.78 is 171. The molecule has 4 aliphatic rings. The zero-order valence-electron chi connectivity index (χ0n) is 79.5. The molecule has 0 spiro atoms. The molecule has 4 fully saturated rings. The van der Waals surface area contributed by atoms with Crippen molar-refractivity contribution in [2.75, 3.05) is 66.1 Å². The van der Waals surface area contributed by atoms with Crippen molar-refractivity contribution in [3.05, 3.63) is 250 Å². The summed E-state index contributed by atoms with van der Waals surface area (Å²) in [5, 5.41) is 4.04. The summed E-state index contributed by atoms with van der Waals surface area (Å²) in [5.74, 6) is 0.411. The van der Waals surface area contributed by atoms with E-state index in [2.05, 4.69) is 26.9 Å². The van der Waals surface area contributed by atoms with Crippen LogP contribution in [0.4, 0.5) is 52.7 Å². The van der Waals surface area contributed by atoms with Crippen molar-refractivity contribution >= 4 is 178 Å². The summed E-state index contributed by atoms with van der Waals surface area (Å²) >= 11 is 52.4. The SMILES string of the molecule is CC(=O)CC1CCN(C(=O)c2ccc(Cl)c(C(=O)c3cc4c(C)cc(C(F)(F)F)nc4n3C)c2Cl)CC1.CC(=O)CC1CCN(C(=O)c2ccc(Cl)c(Cc3cc4c(C)cc(C(F)(F)F)nc4n3C)c2Cl)CC1.COCCC1CCN(C(=O)c2ccc(Cl)c(Cc3cc4c(C)cc(C(F)(F)F)nc4n3C)c2Cl)CC1.Cc1cc(C(F)(F)F)nc2c1cc(Cc1c(Cl)ccc(C(=O)N3CCC(C)CC3)c1Cl)n2C. The van der Waals surface area contributed by atoms with E-state index < -0.39 is 53.3 Å². The summed E-state index contributed by atoms with van der Waals surface area (Å²) in [6, 6.07) is 23.5. The average molecular weight is 2140 g/mol. The lowest BCUT2D eigenvalue weighted by Gasteiger charge is -2.32. The normalized spacial score (nSPS) is 15.1. The fourth-order valence-corrected chi connectivity index (χ4v) is 21.1. The van der Waals surface area contributed by atoms with Gasteiger partial charge in [-0.3, -0.25) is 24.0 Å². The van der Waals surface area contributed by atoms with Crippen molar-refractivity contribution < 1.29 is 91.0 Å². The van der Waals surface area contributed by atoms with E-state index in [4.69, 9.17) is 97.5 Å². The minimum Gasteiger partial charge on any atom is -0.385 e. The van der Waals surface area contributed by atoms with Gasteiger partial charge >= 0.3 is 24.7 Å². The standard InChI is InChI=1S/C26H24Cl2F3N3O3.C26H28Cl2F3N3O2.C26H26Cl2F3N3O2.C24H24Cl2F3N3O/c1-13-10-20(26(29,30)31)32-24-17(13)12-19(33(24)3)23(36)21-18(27)5-4-16(22(21)28)25(37)34-8-6-15(7-9-34)11-14(2)35;1-15-12-22(26(29,30)31)32-24-19(15)13-17(33(24)2)14-20-21(27)5-4-18(23(20)28)25(35)34-9-6-16(7-10-34)8-11-36-3;1-14-10-22(26(29,30)31)32-24-19(14)12-17(33(24)3)13-20-21(27)5-4-18(23(20)28)25(36)34-8-6-16(7-9-34)11-15(2)35;1-13-6-8-32(9-7-13)23(33)16-4-5-19(25)18(21(16)26)12-15-11-17-14(2)10-20(24(27,28)29)30-22(17)31(15)3/h4-5,10,12,15H,6-9,11H2,1-3H3;4-5,12-13,16H,6-11,14H2,1-3H3;4-5,10,12,16H,6-9,11,13H2,1-3H3;4-5,10-11,13H,6-9,12H2,1-3H3. The number of halogens is 20. The van der Waals surface area contributed by atoms with E-state index in [1.807, 2.05) is 9.80 Å². The Balaban J connectivity index is 0.000000159. The van der Waals surface area contributed by atoms with E-state index in [9.17, 15) is 86.2 Å². The van der Waals surface area contributed by atoms with Crippen LogP contribution in [0.2, 0.25) is 40.2 Å². The van der Waals surface area contributed by atoms with Gasteiger partial charge in [0.15, 0.2) is 0 Å². The Morgan fingerprint density at radius 3 is 0.901 bits per heavy atom. The Bertz CT molecular complexity index is 6900. The molecule has 4 saturated heterocycles. The molecule has 12 heterocycles. The van der Waals surface area contributed by atoms with E-state index in [0.29, 0.717) is 206 Å². The second-order valence-corrected chi connectivity index (χ2v) is 40.1. The lowest BCUT2D eigenvalue weighted by Crippen LogP contribution is -2.39. The molecular weight excluding hydrogens is 2030 g/mol. The predicted octanol–water partition coefficient (Wildman–Crippen LogP) is 26.3. The number of rotatable bonds is 19. The van der Waals surface area contributed by atoms with Gasteiger partial charge in [-0.1, -0.05) is 99.7 Å². The molecule has 0 atom stereocenters. The molecule has 0 aliphatic carbocycles. The van der Waals surface area contributed by atoms with Gasteiger partial charge in [-0.25, -0.2) is 19.9 Å². The third-order valence-corrected chi connectivity index (χ3v) is 30.1. The predicted molar refractivity (Wildman–Crippen MR) is 527 cm³/mol. The maximum atomic E-state index is 13.6. The number of methoxy groups -OCH3 is 1. The molecule has 20 nitrogen and oxygen atoms in total. The molecular formula is C102H102Cl8F12N12O8. The number of fused-ring (bicyclic) bond motifs is 4. The number of hydrogen-bond donors (Lipinski definition) is 0. The van der Waals surface area contributed by atoms with Crippen LogP contribution in [0.25, 0.3) is 44.1 Å². The monoisotopic (exact) mass is 2130 g/mol. The lowest BCUT2D eigenvalue weighted by molar-refractivity contribution is -0.141. The number of hydrogen-bond acceptors (Lipinski definition) is 12. The topological polar surface area (TPSA) is 213 Å². The number of likely N-dealkylation sites (tertiary alicyclic amines) is 4. The second kappa shape index (κ2) is 44.5. The molecule has 0 N–H and O–H groups in total. The van der Waals surface area contributed by atoms with Crippen LogP contribution in [0.15, 0.2) is 97.1 Å². The van der Waals surface area contributed by atoms with Gasteiger partial charge in [-0.2, -0.15) is 52.7 Å². The van der Waals surface area contributed by atoms with Crippen molar-refractivity contribution in [1.82, 2.24) is 57.8 Å². The van der Waals surface area contributed by atoms with E-state index >= 15 is 0 Å². The molecule has 142 heavy (non-hydrogen) atoms.